The van der Waals surface area contributed by atoms with Crippen LogP contribution in [0.2, 0.25) is 0 Å². The Kier molecular flexibility index (Phi) is 5.30. The fourth-order valence-corrected chi connectivity index (χ4v) is 4.52. The molecule has 0 aliphatic carbocycles. The minimum absolute atomic E-state index is 0.592. The lowest BCUT2D eigenvalue weighted by Gasteiger charge is -2.15. The molecule has 0 atom stereocenters. The largest absolute Gasteiger partial charge is 0.496 e. The van der Waals surface area contributed by atoms with Gasteiger partial charge in [0, 0.05) is 39.3 Å². The molecule has 8 bridgehead atoms. The average molecular weight is 477 g/mol. The highest BCUT2D eigenvalue weighted by molar-refractivity contribution is 5.93. The van der Waals surface area contributed by atoms with Crippen LogP contribution in [0.3, 0.4) is 0 Å². The highest BCUT2D eigenvalue weighted by Crippen LogP contribution is 2.42. The molecule has 0 spiro atoms. The number of hydrogen-bond acceptors (Lipinski definition) is 5. The van der Waals surface area contributed by atoms with Gasteiger partial charge >= 0.3 is 0 Å². The van der Waals surface area contributed by atoms with Gasteiger partial charge in [-0.2, -0.15) is 0 Å². The second-order valence-corrected chi connectivity index (χ2v) is 8.46. The molecule has 5 heterocycles. The van der Waals surface area contributed by atoms with E-state index in [0.29, 0.717) is 17.2 Å². The molecule has 0 amide bonds. The van der Waals surface area contributed by atoms with Gasteiger partial charge in [0.05, 0.1) is 44.1 Å². The molecule has 7 nitrogen and oxygen atoms in total. The van der Waals surface area contributed by atoms with Gasteiger partial charge in [0.1, 0.15) is 5.75 Å². The number of nitrogens with one attached hydrogen (secondary N) is 2. The SMILES string of the molecule is COc1cc(OC)c(-c2c3nc(cc4ccc(cc5nc(cc6ccc2[nH]6)C=C5)[nH]4)C=C3)cc1OC. The van der Waals surface area contributed by atoms with Gasteiger partial charge in [-0.3, -0.25) is 0 Å². The summed E-state index contributed by atoms with van der Waals surface area (Å²) in [6, 6.07) is 18.0. The molecule has 0 saturated heterocycles. The molecule has 6 rings (SSSR count). The molecule has 2 aliphatic rings. The molecule has 0 radical (unpaired) electrons. The van der Waals surface area contributed by atoms with Crippen molar-refractivity contribution in [2.45, 2.75) is 0 Å². The second kappa shape index (κ2) is 8.78. The molecule has 4 aromatic rings. The Balaban J connectivity index is 1.72. The van der Waals surface area contributed by atoms with E-state index in [1.807, 2.05) is 78.9 Å². The fraction of sp³-hybridized carbons (Fsp3) is 0.103. The van der Waals surface area contributed by atoms with Gasteiger partial charge in [-0.25, -0.2) is 9.97 Å². The number of aromatic nitrogens is 4. The highest BCUT2D eigenvalue weighted by Gasteiger charge is 2.19. The van der Waals surface area contributed by atoms with E-state index in [2.05, 4.69) is 9.97 Å². The van der Waals surface area contributed by atoms with Crippen molar-refractivity contribution in [2.24, 2.45) is 0 Å². The number of nitrogens with zero attached hydrogens (tertiary/aromatic N) is 2. The molecule has 0 unspecified atom stereocenters. The second-order valence-electron chi connectivity index (χ2n) is 8.46. The molecular formula is C29H24N4O3. The maximum atomic E-state index is 5.78. The van der Waals surface area contributed by atoms with Crippen molar-refractivity contribution in [2.75, 3.05) is 21.3 Å². The van der Waals surface area contributed by atoms with Crippen molar-refractivity contribution in [3.8, 4) is 28.4 Å². The quantitative estimate of drug-likeness (QED) is 0.310. The summed E-state index contributed by atoms with van der Waals surface area (Å²) in [6.45, 7) is 0. The van der Waals surface area contributed by atoms with E-state index in [1.165, 1.54) is 0 Å². The van der Waals surface area contributed by atoms with Crippen LogP contribution in [-0.4, -0.2) is 41.3 Å². The molecule has 3 aromatic heterocycles. The summed E-state index contributed by atoms with van der Waals surface area (Å²) < 4.78 is 16.9. The van der Waals surface area contributed by atoms with E-state index in [1.54, 1.807) is 21.3 Å². The van der Waals surface area contributed by atoms with Gasteiger partial charge in [0.25, 0.3) is 0 Å². The molecule has 0 saturated carbocycles. The third kappa shape index (κ3) is 3.90. The first-order valence-electron chi connectivity index (χ1n) is 11.5. The van der Waals surface area contributed by atoms with Crippen molar-refractivity contribution < 1.29 is 14.2 Å². The van der Waals surface area contributed by atoms with Crippen molar-refractivity contribution in [1.82, 2.24) is 19.9 Å². The monoisotopic (exact) mass is 476 g/mol. The van der Waals surface area contributed by atoms with E-state index >= 15 is 0 Å². The summed E-state index contributed by atoms with van der Waals surface area (Å²) >= 11 is 0. The lowest BCUT2D eigenvalue weighted by Crippen LogP contribution is -1.96. The van der Waals surface area contributed by atoms with E-state index in [-0.39, 0.29) is 0 Å². The summed E-state index contributed by atoms with van der Waals surface area (Å²) in [5, 5.41) is 0. The minimum Gasteiger partial charge on any atom is -0.496 e. The van der Waals surface area contributed by atoms with E-state index in [4.69, 9.17) is 24.2 Å². The summed E-state index contributed by atoms with van der Waals surface area (Å²) in [7, 11) is 4.87. The lowest BCUT2D eigenvalue weighted by atomic mass is 10.0. The van der Waals surface area contributed by atoms with Crippen LogP contribution < -0.4 is 14.2 Å². The maximum absolute atomic E-state index is 5.78. The zero-order valence-electron chi connectivity index (χ0n) is 20.1. The number of aromatic amines is 2. The smallest absolute Gasteiger partial charge is 0.164 e. The molecule has 0 fully saturated rings. The minimum atomic E-state index is 0.592. The number of benzene rings is 1. The van der Waals surface area contributed by atoms with E-state index in [0.717, 1.165) is 56.0 Å². The zero-order chi connectivity index (χ0) is 24.6. The average Bonchev–Trinajstić information content (AvgIpc) is 3.70. The number of rotatable bonds is 4. The van der Waals surface area contributed by atoms with Crippen LogP contribution in [0.1, 0.15) is 22.8 Å². The molecule has 1 aromatic carbocycles. The van der Waals surface area contributed by atoms with Crippen LogP contribution in [0.15, 0.2) is 54.6 Å². The lowest BCUT2D eigenvalue weighted by molar-refractivity contribution is 0.349. The highest BCUT2D eigenvalue weighted by atomic mass is 16.5. The van der Waals surface area contributed by atoms with E-state index < -0.39 is 0 Å². The Morgan fingerprint density at radius 2 is 1.11 bits per heavy atom. The molecule has 7 heteroatoms. The Labute approximate surface area is 207 Å². The van der Waals surface area contributed by atoms with Crippen molar-refractivity contribution >= 4 is 46.4 Å². The van der Waals surface area contributed by atoms with Gasteiger partial charge in [0.2, 0.25) is 0 Å². The number of ether oxygens (including phenoxy) is 3. The Morgan fingerprint density at radius 1 is 0.556 bits per heavy atom. The van der Waals surface area contributed by atoms with Gasteiger partial charge in [-0.15, -0.1) is 0 Å². The molecule has 2 N–H and O–H groups in total. The summed E-state index contributed by atoms with van der Waals surface area (Å²) in [5.74, 6) is 1.85. The van der Waals surface area contributed by atoms with Gasteiger partial charge in [0.15, 0.2) is 11.5 Å². The van der Waals surface area contributed by atoms with Gasteiger partial charge < -0.3 is 24.2 Å². The number of hydrogen-bond donors (Lipinski definition) is 2. The zero-order valence-corrected chi connectivity index (χ0v) is 20.1. The van der Waals surface area contributed by atoms with Gasteiger partial charge in [-0.05, 0) is 72.8 Å². The number of H-pyrrole nitrogens is 2. The first-order chi connectivity index (χ1) is 17.6. The molecule has 178 valence electrons. The van der Waals surface area contributed by atoms with Crippen molar-refractivity contribution in [3.05, 3.63) is 77.4 Å². The summed E-state index contributed by atoms with van der Waals surface area (Å²) in [4.78, 5) is 16.6. The first kappa shape index (κ1) is 21.7. The molecule has 36 heavy (non-hydrogen) atoms. The van der Waals surface area contributed by atoms with Crippen LogP contribution in [0.25, 0.3) is 57.5 Å². The molecule has 2 aliphatic heterocycles. The van der Waals surface area contributed by atoms with Crippen LogP contribution in [-0.2, 0) is 0 Å². The first-order valence-corrected chi connectivity index (χ1v) is 11.5. The van der Waals surface area contributed by atoms with Crippen LogP contribution in [0.5, 0.6) is 17.2 Å². The van der Waals surface area contributed by atoms with Crippen LogP contribution in [0, 0.1) is 0 Å². The van der Waals surface area contributed by atoms with E-state index in [9.17, 15) is 0 Å². The van der Waals surface area contributed by atoms with Crippen molar-refractivity contribution in [1.29, 1.82) is 0 Å². The van der Waals surface area contributed by atoms with Gasteiger partial charge in [-0.1, -0.05) is 0 Å². The van der Waals surface area contributed by atoms with Crippen LogP contribution in [0.4, 0.5) is 0 Å². The maximum Gasteiger partial charge on any atom is 0.164 e. The normalized spacial score (nSPS) is 12.1. The predicted octanol–water partition coefficient (Wildman–Crippen LogP) is 6.35. The topological polar surface area (TPSA) is 85.0 Å². The third-order valence-electron chi connectivity index (χ3n) is 6.19. The summed E-state index contributed by atoms with van der Waals surface area (Å²) in [5.41, 5.74) is 8.90. The standard InChI is InChI=1S/C29H24N4O3/c1-34-26-16-28(36-3)27(35-2)15-23(26)29-24-10-8-21(32-24)13-19-6-4-17(30-19)12-18-5-7-20(31-18)14-22-9-11-25(29)33-22/h4-16,30,33H,1-3H3. The van der Waals surface area contributed by atoms with Crippen molar-refractivity contribution in [3.63, 3.8) is 0 Å². The number of fused-ring (bicyclic) bond motifs is 8. The fourth-order valence-electron chi connectivity index (χ4n) is 4.52. The van der Waals surface area contributed by atoms with Crippen LogP contribution >= 0.6 is 0 Å². The predicted molar refractivity (Wildman–Crippen MR) is 144 cm³/mol. The Morgan fingerprint density at radius 3 is 1.78 bits per heavy atom. The Bertz CT molecular complexity index is 1710. The Hall–Kier alpha value is -4.78. The number of methoxy groups -OCH3 is 3. The molecular weight excluding hydrogens is 452 g/mol. The third-order valence-corrected chi connectivity index (χ3v) is 6.19. The summed E-state index contributed by atoms with van der Waals surface area (Å²) in [6.07, 6.45) is 8.04.